The van der Waals surface area contributed by atoms with Crippen molar-refractivity contribution in [3.05, 3.63) is 224 Å². The first kappa shape index (κ1) is 36.9. The van der Waals surface area contributed by atoms with Gasteiger partial charge in [-0.3, -0.25) is 4.57 Å². The summed E-state index contributed by atoms with van der Waals surface area (Å²) in [5.41, 5.74) is 16.0. The molecule has 308 valence electrons. The highest BCUT2D eigenvalue weighted by Gasteiger charge is 2.22. The molecule has 14 rings (SSSR count). The number of aromatic nitrogens is 3. The summed E-state index contributed by atoms with van der Waals surface area (Å²) in [6, 6.07) is 80.7. The van der Waals surface area contributed by atoms with Gasteiger partial charge in [0.15, 0.2) is 5.58 Å². The van der Waals surface area contributed by atoms with Crippen molar-refractivity contribution in [3.63, 3.8) is 0 Å². The Morgan fingerprint density at radius 1 is 0.379 bits per heavy atom. The Labute approximate surface area is 383 Å². The zero-order valence-corrected chi connectivity index (χ0v) is 36.3. The van der Waals surface area contributed by atoms with Crippen molar-refractivity contribution in [1.29, 1.82) is 0 Å². The van der Waals surface area contributed by atoms with Crippen molar-refractivity contribution in [1.82, 2.24) is 14.1 Å². The molecule has 0 aliphatic heterocycles. The Hall–Kier alpha value is -8.51. The summed E-state index contributed by atoms with van der Waals surface area (Å²) in [7, 11) is 0. The lowest BCUT2D eigenvalue weighted by Crippen LogP contribution is -1.97. The fourth-order valence-corrected chi connectivity index (χ4v) is 11.4. The maximum Gasteiger partial charge on any atom is 0.159 e. The highest BCUT2D eigenvalue weighted by molar-refractivity contribution is 7.25. The minimum Gasteiger partial charge on any atom is -0.454 e. The molecule has 0 radical (unpaired) electrons. The van der Waals surface area contributed by atoms with Crippen molar-refractivity contribution >= 4 is 86.3 Å². The fraction of sp³-hybridized carbons (Fsp3) is 0. The molecule has 0 N–H and O–H groups in total. The van der Waals surface area contributed by atoms with Gasteiger partial charge in [-0.1, -0.05) is 152 Å². The second-order valence-electron chi connectivity index (χ2n) is 17.1. The van der Waals surface area contributed by atoms with E-state index in [4.69, 9.17) is 9.40 Å². The first-order valence-corrected chi connectivity index (χ1v) is 23.2. The fourth-order valence-electron chi connectivity index (χ4n) is 10.3. The van der Waals surface area contributed by atoms with Crippen molar-refractivity contribution in [2.45, 2.75) is 0 Å². The van der Waals surface area contributed by atoms with E-state index in [1.807, 2.05) is 11.3 Å². The highest BCUT2D eigenvalue weighted by atomic mass is 32.1. The van der Waals surface area contributed by atoms with Crippen molar-refractivity contribution in [2.24, 2.45) is 0 Å². The van der Waals surface area contributed by atoms with Crippen LogP contribution in [0.4, 0.5) is 0 Å². The summed E-state index contributed by atoms with van der Waals surface area (Å²) in [6.07, 6.45) is 0. The van der Waals surface area contributed by atoms with Gasteiger partial charge in [0.05, 0.1) is 27.8 Å². The molecule has 66 heavy (non-hydrogen) atoms. The molecule has 4 aromatic heterocycles. The number of furan rings is 1. The topological polar surface area (TPSA) is 35.9 Å². The predicted molar refractivity (Wildman–Crippen MR) is 277 cm³/mol. The molecule has 0 spiro atoms. The lowest BCUT2D eigenvalue weighted by molar-refractivity contribution is 0.666. The molecule has 0 aliphatic carbocycles. The number of imidazole rings is 1. The molecule has 10 aromatic carbocycles. The van der Waals surface area contributed by atoms with Crippen LogP contribution in [0.2, 0.25) is 0 Å². The number of thiophene rings is 1. The van der Waals surface area contributed by atoms with Crippen molar-refractivity contribution < 1.29 is 4.42 Å². The third-order valence-electron chi connectivity index (χ3n) is 13.3. The van der Waals surface area contributed by atoms with Crippen molar-refractivity contribution in [2.75, 3.05) is 0 Å². The molecule has 0 bridgehead atoms. The normalized spacial score (nSPS) is 11.9. The van der Waals surface area contributed by atoms with Crippen LogP contribution in [0.1, 0.15) is 0 Å². The van der Waals surface area contributed by atoms with Gasteiger partial charge in [0.25, 0.3) is 0 Å². The Morgan fingerprint density at radius 3 is 1.89 bits per heavy atom. The van der Waals surface area contributed by atoms with Gasteiger partial charge in [0, 0.05) is 53.0 Å². The van der Waals surface area contributed by atoms with Crippen molar-refractivity contribution in [3.8, 4) is 56.1 Å². The van der Waals surface area contributed by atoms with Gasteiger partial charge in [0.2, 0.25) is 0 Å². The summed E-state index contributed by atoms with van der Waals surface area (Å²) in [5, 5.41) is 7.22. The van der Waals surface area contributed by atoms with E-state index < -0.39 is 0 Å². The van der Waals surface area contributed by atoms with E-state index in [1.165, 1.54) is 47.6 Å². The maximum absolute atomic E-state index is 7.24. The molecule has 0 amide bonds. The first-order chi connectivity index (χ1) is 32.7. The summed E-state index contributed by atoms with van der Waals surface area (Å²) < 4.78 is 14.5. The largest absolute Gasteiger partial charge is 0.454 e. The van der Waals surface area contributed by atoms with Crippen LogP contribution < -0.4 is 0 Å². The summed E-state index contributed by atoms with van der Waals surface area (Å²) in [6.45, 7) is 0. The van der Waals surface area contributed by atoms with Crippen LogP contribution in [0.25, 0.3) is 131 Å². The molecule has 4 heterocycles. The van der Waals surface area contributed by atoms with Gasteiger partial charge < -0.3 is 8.98 Å². The third kappa shape index (κ3) is 5.67. The average molecular weight is 860 g/mol. The minimum atomic E-state index is 0.845. The first-order valence-electron chi connectivity index (χ1n) is 22.4. The summed E-state index contributed by atoms with van der Waals surface area (Å²) in [5.74, 6) is 0.906. The molecule has 0 saturated carbocycles. The van der Waals surface area contributed by atoms with Crippen LogP contribution >= 0.6 is 11.3 Å². The van der Waals surface area contributed by atoms with E-state index in [9.17, 15) is 0 Å². The van der Waals surface area contributed by atoms with E-state index in [1.54, 1.807) is 0 Å². The molecule has 4 nitrogen and oxygen atoms in total. The van der Waals surface area contributed by atoms with E-state index in [2.05, 4.69) is 234 Å². The number of benzene rings is 10. The lowest BCUT2D eigenvalue weighted by Gasteiger charge is -2.12. The van der Waals surface area contributed by atoms with Crippen LogP contribution in [-0.2, 0) is 0 Å². The van der Waals surface area contributed by atoms with Crippen LogP contribution in [0.5, 0.6) is 0 Å². The molecule has 0 fully saturated rings. The zero-order valence-electron chi connectivity index (χ0n) is 35.5. The second-order valence-corrected chi connectivity index (χ2v) is 18.2. The number of rotatable bonds is 6. The Kier molecular flexibility index (Phi) is 8.12. The number of hydrogen-bond acceptors (Lipinski definition) is 3. The smallest absolute Gasteiger partial charge is 0.159 e. The van der Waals surface area contributed by atoms with Gasteiger partial charge >= 0.3 is 0 Å². The molecule has 0 unspecified atom stereocenters. The van der Waals surface area contributed by atoms with Gasteiger partial charge in [-0.15, -0.1) is 11.3 Å². The molecule has 0 atom stereocenters. The molecule has 0 aliphatic rings. The average Bonchev–Trinajstić information content (AvgIpc) is 4.15. The molecule has 5 heteroatoms. The van der Waals surface area contributed by atoms with Crippen LogP contribution in [0.3, 0.4) is 0 Å². The standard InChI is InChI=1S/C61H37N3OS/c1-3-15-38(16-4-1)41-17-13-18-42(33-41)43-34-48(39-29-31-40(32-30-39)61-62-51-24-9-11-26-53(51)63(61)44-19-5-2-6-20-44)59-47-23-14-27-54(60(47)65-56(59)35-43)64-52-25-10-7-21-45(52)49-36-50-46-22-8-12-28-57(46)66-58(50)37-55(49)64/h1-37H. The van der Waals surface area contributed by atoms with E-state index >= 15 is 0 Å². The van der Waals surface area contributed by atoms with E-state index in [0.717, 1.165) is 83.5 Å². The van der Waals surface area contributed by atoms with E-state index in [-0.39, 0.29) is 0 Å². The highest BCUT2D eigenvalue weighted by Crippen LogP contribution is 2.46. The van der Waals surface area contributed by atoms with E-state index in [0.29, 0.717) is 0 Å². The van der Waals surface area contributed by atoms with Gasteiger partial charge in [0.1, 0.15) is 11.4 Å². The van der Waals surface area contributed by atoms with Gasteiger partial charge in [-0.25, -0.2) is 4.98 Å². The molecular weight excluding hydrogens is 823 g/mol. The second kappa shape index (κ2) is 14.5. The number of para-hydroxylation sites is 5. The minimum absolute atomic E-state index is 0.845. The van der Waals surface area contributed by atoms with Gasteiger partial charge in [-0.05, 0) is 106 Å². The molecular formula is C61H37N3OS. The van der Waals surface area contributed by atoms with Gasteiger partial charge in [-0.2, -0.15) is 0 Å². The summed E-state index contributed by atoms with van der Waals surface area (Å²) >= 11 is 1.85. The Balaban J connectivity index is 0.998. The van der Waals surface area contributed by atoms with Crippen LogP contribution in [-0.4, -0.2) is 14.1 Å². The number of nitrogens with zero attached hydrogens (tertiary/aromatic N) is 3. The predicted octanol–water partition coefficient (Wildman–Crippen LogP) is 17.1. The van der Waals surface area contributed by atoms with Crippen LogP contribution in [0.15, 0.2) is 229 Å². The zero-order chi connectivity index (χ0) is 43.3. The van der Waals surface area contributed by atoms with Crippen LogP contribution in [0, 0.1) is 0 Å². The number of fused-ring (bicyclic) bond motifs is 10. The SMILES string of the molecule is c1ccc(-c2cccc(-c3cc(-c4ccc(-c5nc6ccccc6n5-c5ccccc5)cc4)c4c(c3)oc3c(-n5c6ccccc6c6cc7c(cc65)sc5ccccc57)cccc34)c2)cc1. The Bertz CT molecular complexity index is 4210. The molecule has 0 saturated heterocycles. The monoisotopic (exact) mass is 859 g/mol. The third-order valence-corrected chi connectivity index (χ3v) is 14.5. The number of hydrogen-bond donors (Lipinski definition) is 0. The molecule has 14 aromatic rings. The summed E-state index contributed by atoms with van der Waals surface area (Å²) in [4.78, 5) is 5.18. The lowest BCUT2D eigenvalue weighted by atomic mass is 9.92. The maximum atomic E-state index is 7.24. The quantitative estimate of drug-likeness (QED) is 0.167. The Morgan fingerprint density at radius 2 is 1.05 bits per heavy atom.